The van der Waals surface area contributed by atoms with Gasteiger partial charge in [0.05, 0.1) is 22.0 Å². The van der Waals surface area contributed by atoms with Crippen molar-refractivity contribution in [3.63, 3.8) is 0 Å². The predicted octanol–water partition coefficient (Wildman–Crippen LogP) is 5.07. The number of nitrogens with one attached hydrogen (secondary N) is 2. The van der Waals surface area contributed by atoms with Crippen molar-refractivity contribution in [3.05, 3.63) is 88.2 Å². The number of fused-ring (bicyclic) bond motifs is 1. The number of hydrogen-bond acceptors (Lipinski definition) is 4. The summed E-state index contributed by atoms with van der Waals surface area (Å²) in [5.41, 5.74) is 5.41. The first-order valence-corrected chi connectivity index (χ1v) is 9.90. The van der Waals surface area contributed by atoms with Crippen molar-refractivity contribution >= 4 is 44.1 Å². The molecule has 3 N–H and O–H groups in total. The molecular weight excluding hydrogens is 453 g/mol. The third-order valence-electron chi connectivity index (χ3n) is 4.71. The molecule has 4 aromatic rings. The fraction of sp³-hybridized carbons (Fsp3) is 0.0909. The van der Waals surface area contributed by atoms with E-state index in [0.29, 0.717) is 16.8 Å². The molecule has 0 aliphatic carbocycles. The van der Waals surface area contributed by atoms with E-state index >= 15 is 0 Å². The molecule has 0 atom stereocenters. The van der Waals surface area contributed by atoms with Crippen LogP contribution in [0.2, 0.25) is 0 Å². The second-order valence-corrected chi connectivity index (χ2v) is 7.58. The van der Waals surface area contributed by atoms with Crippen molar-refractivity contribution < 1.29 is 18.8 Å². The minimum atomic E-state index is -0.417. The Kier molecular flexibility index (Phi) is 5.78. The normalized spacial score (nSPS) is 11.8. The number of hydrogen-bond donors (Lipinski definition) is 3. The van der Waals surface area contributed by atoms with Crippen molar-refractivity contribution in [2.75, 3.05) is 0 Å². The van der Waals surface area contributed by atoms with Gasteiger partial charge >= 0.3 is 0 Å². The van der Waals surface area contributed by atoms with Crippen LogP contribution in [0.5, 0.6) is 0 Å². The van der Waals surface area contributed by atoms with Gasteiger partial charge in [0.1, 0.15) is 17.9 Å². The van der Waals surface area contributed by atoms with Crippen LogP contribution in [0.4, 0.5) is 10.1 Å². The summed E-state index contributed by atoms with van der Waals surface area (Å²) in [4.78, 5) is 20.2. The van der Waals surface area contributed by atoms with Crippen molar-refractivity contribution in [1.29, 1.82) is 0 Å². The van der Waals surface area contributed by atoms with E-state index in [1.165, 1.54) is 30.7 Å². The van der Waals surface area contributed by atoms with Gasteiger partial charge in [-0.05, 0) is 51.8 Å². The Labute approximate surface area is 179 Å². The monoisotopic (exact) mass is 469 g/mol. The third-order valence-corrected chi connectivity index (χ3v) is 5.32. The van der Waals surface area contributed by atoms with Crippen LogP contribution < -0.4 is 5.48 Å². The van der Waals surface area contributed by atoms with E-state index in [0.717, 1.165) is 16.5 Å². The Balaban J connectivity index is 1.56. The number of aliphatic imine (C=N–C) groups is 1. The molecule has 2 heterocycles. The Bertz CT molecular complexity index is 1250. The number of carbonyl (C=O) groups excluding carboxylic acids is 1. The SMILES string of the molecule is O=C(Cc1cocc1C(=Nc1ccc(F)c(Br)c1)NO)Cc1cccc2[nH]ccc12. The molecule has 0 saturated heterocycles. The highest BCUT2D eigenvalue weighted by atomic mass is 79.9. The van der Waals surface area contributed by atoms with Gasteiger partial charge in [-0.3, -0.25) is 15.5 Å². The highest BCUT2D eigenvalue weighted by Gasteiger charge is 2.16. The van der Waals surface area contributed by atoms with E-state index in [-0.39, 0.29) is 28.9 Å². The maximum Gasteiger partial charge on any atom is 0.160 e. The molecule has 0 fully saturated rings. The van der Waals surface area contributed by atoms with Gasteiger partial charge in [0, 0.05) is 35.5 Å². The molecule has 0 unspecified atom stereocenters. The summed E-state index contributed by atoms with van der Waals surface area (Å²) < 4.78 is 19.0. The van der Waals surface area contributed by atoms with Crippen LogP contribution in [-0.2, 0) is 17.6 Å². The Morgan fingerprint density at radius 2 is 2.00 bits per heavy atom. The molecule has 6 nitrogen and oxygen atoms in total. The van der Waals surface area contributed by atoms with Crippen molar-refractivity contribution in [2.45, 2.75) is 12.8 Å². The van der Waals surface area contributed by atoms with Gasteiger partial charge in [0.25, 0.3) is 0 Å². The second kappa shape index (κ2) is 8.64. The zero-order valence-corrected chi connectivity index (χ0v) is 17.2. The number of hydroxylamine groups is 1. The average molecular weight is 470 g/mol. The lowest BCUT2D eigenvalue weighted by Crippen LogP contribution is -2.21. The summed E-state index contributed by atoms with van der Waals surface area (Å²) in [6.45, 7) is 0. The van der Waals surface area contributed by atoms with E-state index in [4.69, 9.17) is 4.42 Å². The molecule has 152 valence electrons. The zero-order valence-electron chi connectivity index (χ0n) is 15.7. The minimum absolute atomic E-state index is 0.00633. The molecule has 2 aromatic heterocycles. The first-order valence-electron chi connectivity index (χ1n) is 9.11. The summed E-state index contributed by atoms with van der Waals surface area (Å²) in [6, 6.07) is 12.0. The smallest absolute Gasteiger partial charge is 0.160 e. The van der Waals surface area contributed by atoms with E-state index in [2.05, 4.69) is 25.9 Å². The van der Waals surface area contributed by atoms with Crippen molar-refractivity contribution in [3.8, 4) is 0 Å². The number of rotatable bonds is 6. The van der Waals surface area contributed by atoms with Crippen LogP contribution in [0.3, 0.4) is 0 Å². The van der Waals surface area contributed by atoms with Gasteiger partial charge in [0.2, 0.25) is 0 Å². The Morgan fingerprint density at radius 1 is 1.17 bits per heavy atom. The second-order valence-electron chi connectivity index (χ2n) is 6.73. The summed E-state index contributed by atoms with van der Waals surface area (Å²) >= 11 is 3.11. The van der Waals surface area contributed by atoms with Crippen molar-refractivity contribution in [1.82, 2.24) is 10.5 Å². The maximum atomic E-state index is 13.4. The highest BCUT2D eigenvalue weighted by Crippen LogP contribution is 2.24. The molecule has 4 rings (SSSR count). The lowest BCUT2D eigenvalue weighted by Gasteiger charge is -2.07. The first kappa shape index (κ1) is 20.1. The molecule has 0 aliphatic rings. The number of nitrogens with zero attached hydrogens (tertiary/aromatic N) is 1. The van der Waals surface area contributed by atoms with Gasteiger partial charge in [0.15, 0.2) is 5.84 Å². The molecular formula is C22H17BrFN3O3. The minimum Gasteiger partial charge on any atom is -0.472 e. The number of ketones is 1. The van der Waals surface area contributed by atoms with Crippen LogP contribution >= 0.6 is 15.9 Å². The number of halogens is 2. The summed E-state index contributed by atoms with van der Waals surface area (Å²) in [6.07, 6.45) is 5.08. The standard InChI is InChI=1S/C22H17BrFN3O3/c23-19-10-15(4-5-20(19)24)26-22(27-29)18-12-30-11-14(18)9-16(28)8-13-2-1-3-21-17(13)6-7-25-21/h1-7,10-12,25,29H,8-9H2,(H,26,27). The molecule has 30 heavy (non-hydrogen) atoms. The molecule has 0 amide bonds. The Morgan fingerprint density at radius 3 is 2.80 bits per heavy atom. The average Bonchev–Trinajstić information content (AvgIpc) is 3.39. The Hall–Kier alpha value is -3.23. The number of benzene rings is 2. The predicted molar refractivity (Wildman–Crippen MR) is 115 cm³/mol. The summed E-state index contributed by atoms with van der Waals surface area (Å²) in [5.74, 6) is -0.328. The number of Topliss-reactive ketones (excluding diaryl/α,β-unsaturated/α-hetero) is 1. The maximum absolute atomic E-state index is 13.4. The zero-order chi connectivity index (χ0) is 21.1. The first-order chi connectivity index (χ1) is 14.5. The van der Waals surface area contributed by atoms with E-state index in [1.54, 1.807) is 0 Å². The topological polar surface area (TPSA) is 90.6 Å². The van der Waals surface area contributed by atoms with Gasteiger partial charge in [-0.15, -0.1) is 0 Å². The van der Waals surface area contributed by atoms with Crippen LogP contribution in [0.25, 0.3) is 10.9 Å². The molecule has 0 radical (unpaired) electrons. The third kappa shape index (κ3) is 4.19. The molecule has 0 aliphatic heterocycles. The fourth-order valence-corrected chi connectivity index (χ4v) is 3.66. The van der Waals surface area contributed by atoms with Crippen LogP contribution in [0.15, 0.2) is 75.1 Å². The number of carbonyl (C=O) groups is 1. The largest absolute Gasteiger partial charge is 0.472 e. The summed E-state index contributed by atoms with van der Waals surface area (Å²) in [7, 11) is 0. The van der Waals surface area contributed by atoms with Crippen LogP contribution in [-0.4, -0.2) is 21.8 Å². The molecule has 0 saturated carbocycles. The lowest BCUT2D eigenvalue weighted by molar-refractivity contribution is -0.117. The molecule has 0 bridgehead atoms. The number of aromatic nitrogens is 1. The molecule has 8 heteroatoms. The number of amidine groups is 1. The van der Waals surface area contributed by atoms with Crippen LogP contribution in [0, 0.1) is 5.82 Å². The number of H-pyrrole nitrogens is 1. The highest BCUT2D eigenvalue weighted by molar-refractivity contribution is 9.10. The van der Waals surface area contributed by atoms with E-state index in [1.807, 2.05) is 35.9 Å². The van der Waals surface area contributed by atoms with Crippen LogP contribution in [0.1, 0.15) is 16.7 Å². The van der Waals surface area contributed by atoms with Gasteiger partial charge < -0.3 is 9.40 Å². The van der Waals surface area contributed by atoms with E-state index < -0.39 is 5.82 Å². The van der Waals surface area contributed by atoms with Gasteiger partial charge in [-0.1, -0.05) is 12.1 Å². The number of furan rings is 1. The molecule has 2 aromatic carbocycles. The van der Waals surface area contributed by atoms with E-state index in [9.17, 15) is 14.4 Å². The van der Waals surface area contributed by atoms with Gasteiger partial charge in [-0.2, -0.15) is 0 Å². The lowest BCUT2D eigenvalue weighted by atomic mass is 9.99. The summed E-state index contributed by atoms with van der Waals surface area (Å²) in [5, 5.41) is 10.6. The van der Waals surface area contributed by atoms with Crippen molar-refractivity contribution in [2.24, 2.45) is 4.99 Å². The van der Waals surface area contributed by atoms with Gasteiger partial charge in [-0.25, -0.2) is 9.38 Å². The quantitative estimate of drug-likeness (QED) is 0.208. The fourth-order valence-electron chi connectivity index (χ4n) is 3.29. The number of aromatic amines is 1. The molecule has 0 spiro atoms.